The van der Waals surface area contributed by atoms with Crippen molar-refractivity contribution in [1.82, 2.24) is 0 Å². The van der Waals surface area contributed by atoms with Crippen LogP contribution in [0.4, 0.5) is 0 Å². The molecule has 0 aliphatic heterocycles. The minimum Gasteiger partial charge on any atom is -0.487 e. The maximum Gasteiger partial charge on any atom is 0.170 e. The van der Waals surface area contributed by atoms with Crippen LogP contribution in [0.25, 0.3) is 0 Å². The summed E-state index contributed by atoms with van der Waals surface area (Å²) in [6.07, 6.45) is 0. The van der Waals surface area contributed by atoms with Gasteiger partial charge in [0.15, 0.2) is 5.84 Å². The summed E-state index contributed by atoms with van der Waals surface area (Å²) < 4.78 is 5.61. The standard InChI is InChI=1S/C14H12Cl2N2O2/c15-11-3-1-2-9(6-11)8-20-13-5-4-10(7-12(13)16)14(17)18-19/h1-7,19H,8H2,(H2,17,18). The van der Waals surface area contributed by atoms with Gasteiger partial charge < -0.3 is 15.7 Å². The van der Waals surface area contributed by atoms with Crippen molar-refractivity contribution in [2.75, 3.05) is 0 Å². The number of halogens is 2. The van der Waals surface area contributed by atoms with Gasteiger partial charge in [0.05, 0.1) is 5.02 Å². The van der Waals surface area contributed by atoms with E-state index in [2.05, 4.69) is 5.16 Å². The fourth-order valence-corrected chi connectivity index (χ4v) is 2.07. The molecule has 0 heterocycles. The number of hydrogen-bond acceptors (Lipinski definition) is 3. The van der Waals surface area contributed by atoms with E-state index in [1.807, 2.05) is 18.2 Å². The lowest BCUT2D eigenvalue weighted by atomic mass is 10.2. The van der Waals surface area contributed by atoms with Gasteiger partial charge in [-0.2, -0.15) is 0 Å². The molecule has 0 aromatic heterocycles. The highest BCUT2D eigenvalue weighted by atomic mass is 35.5. The Morgan fingerprint density at radius 2 is 2.00 bits per heavy atom. The molecule has 0 fully saturated rings. The first-order valence-electron chi connectivity index (χ1n) is 5.75. The molecular weight excluding hydrogens is 299 g/mol. The van der Waals surface area contributed by atoms with Gasteiger partial charge in [-0.15, -0.1) is 0 Å². The summed E-state index contributed by atoms with van der Waals surface area (Å²) in [6, 6.07) is 12.3. The van der Waals surface area contributed by atoms with Crippen LogP contribution in [0, 0.1) is 0 Å². The molecule has 0 atom stereocenters. The van der Waals surface area contributed by atoms with E-state index >= 15 is 0 Å². The zero-order valence-electron chi connectivity index (χ0n) is 10.4. The van der Waals surface area contributed by atoms with Gasteiger partial charge in [0, 0.05) is 10.6 Å². The van der Waals surface area contributed by atoms with Crippen LogP contribution in [0.15, 0.2) is 47.6 Å². The second-order valence-corrected chi connectivity index (χ2v) is 4.89. The minimum atomic E-state index is -0.00621. The van der Waals surface area contributed by atoms with Crippen molar-refractivity contribution in [2.45, 2.75) is 6.61 Å². The van der Waals surface area contributed by atoms with Crippen LogP contribution in [0.1, 0.15) is 11.1 Å². The maximum atomic E-state index is 8.60. The normalized spacial score (nSPS) is 11.4. The first-order chi connectivity index (χ1) is 9.60. The molecule has 0 saturated heterocycles. The number of oxime groups is 1. The molecule has 2 aromatic rings. The van der Waals surface area contributed by atoms with Gasteiger partial charge in [-0.25, -0.2) is 0 Å². The molecule has 6 heteroatoms. The fourth-order valence-electron chi connectivity index (χ4n) is 1.62. The molecule has 0 radical (unpaired) electrons. The fraction of sp³-hybridized carbons (Fsp3) is 0.0714. The molecule has 0 aliphatic carbocycles. The van der Waals surface area contributed by atoms with Crippen molar-refractivity contribution < 1.29 is 9.94 Å². The number of ether oxygens (including phenoxy) is 1. The van der Waals surface area contributed by atoms with Crippen LogP contribution in [-0.2, 0) is 6.61 Å². The highest BCUT2D eigenvalue weighted by Gasteiger charge is 2.06. The summed E-state index contributed by atoms with van der Waals surface area (Å²) in [5.74, 6) is 0.509. The molecular formula is C14H12Cl2N2O2. The summed E-state index contributed by atoms with van der Waals surface area (Å²) in [5, 5.41) is 12.6. The quantitative estimate of drug-likeness (QED) is 0.392. The molecule has 0 unspecified atom stereocenters. The molecule has 2 rings (SSSR count). The summed E-state index contributed by atoms with van der Waals surface area (Å²) in [7, 11) is 0. The number of rotatable bonds is 4. The maximum absolute atomic E-state index is 8.60. The highest BCUT2D eigenvalue weighted by molar-refractivity contribution is 6.32. The van der Waals surface area contributed by atoms with Crippen LogP contribution >= 0.6 is 23.2 Å². The monoisotopic (exact) mass is 310 g/mol. The molecule has 2 aromatic carbocycles. The van der Waals surface area contributed by atoms with Crippen molar-refractivity contribution in [1.29, 1.82) is 0 Å². The number of hydrogen-bond donors (Lipinski definition) is 2. The molecule has 0 aliphatic rings. The van der Waals surface area contributed by atoms with Gasteiger partial charge in [-0.1, -0.05) is 40.5 Å². The zero-order chi connectivity index (χ0) is 14.5. The smallest absolute Gasteiger partial charge is 0.170 e. The third-order valence-corrected chi connectivity index (χ3v) is 3.15. The number of amidine groups is 1. The summed E-state index contributed by atoms with van der Waals surface area (Å²) in [4.78, 5) is 0. The third kappa shape index (κ3) is 3.56. The van der Waals surface area contributed by atoms with E-state index in [0.717, 1.165) is 5.56 Å². The lowest BCUT2D eigenvalue weighted by molar-refractivity contribution is 0.306. The predicted molar refractivity (Wildman–Crippen MR) is 79.7 cm³/mol. The minimum absolute atomic E-state index is 0.00621. The van der Waals surface area contributed by atoms with E-state index in [4.69, 9.17) is 38.9 Å². The van der Waals surface area contributed by atoms with E-state index in [1.54, 1.807) is 24.3 Å². The molecule has 0 amide bonds. The van der Waals surface area contributed by atoms with Crippen LogP contribution in [0.5, 0.6) is 5.75 Å². The first-order valence-corrected chi connectivity index (χ1v) is 6.50. The second kappa shape index (κ2) is 6.50. The van der Waals surface area contributed by atoms with E-state index in [-0.39, 0.29) is 5.84 Å². The second-order valence-electron chi connectivity index (χ2n) is 4.05. The summed E-state index contributed by atoms with van der Waals surface area (Å²) in [5.41, 5.74) is 6.94. The Morgan fingerprint density at radius 3 is 2.65 bits per heavy atom. The van der Waals surface area contributed by atoms with Crippen molar-refractivity contribution in [3.05, 3.63) is 63.6 Å². The van der Waals surface area contributed by atoms with Crippen LogP contribution in [0.2, 0.25) is 10.0 Å². The summed E-state index contributed by atoms with van der Waals surface area (Å²) >= 11 is 12.0. The molecule has 0 spiro atoms. The zero-order valence-corrected chi connectivity index (χ0v) is 11.9. The van der Waals surface area contributed by atoms with Gasteiger partial charge in [-0.3, -0.25) is 0 Å². The van der Waals surface area contributed by atoms with E-state index in [9.17, 15) is 0 Å². The Balaban J connectivity index is 2.11. The Bertz CT molecular complexity index is 645. The average Bonchev–Trinajstić information content (AvgIpc) is 2.45. The van der Waals surface area contributed by atoms with Crippen molar-refractivity contribution in [2.24, 2.45) is 10.9 Å². The van der Waals surface area contributed by atoms with E-state index in [0.29, 0.717) is 28.0 Å². The average molecular weight is 311 g/mol. The molecule has 0 saturated carbocycles. The lowest BCUT2D eigenvalue weighted by Gasteiger charge is -2.09. The lowest BCUT2D eigenvalue weighted by Crippen LogP contribution is -2.12. The number of nitrogens with two attached hydrogens (primary N) is 1. The van der Waals surface area contributed by atoms with Crippen molar-refractivity contribution in [3.63, 3.8) is 0 Å². The molecule has 4 nitrogen and oxygen atoms in total. The predicted octanol–water partition coefficient (Wildman–Crippen LogP) is 3.67. The first kappa shape index (κ1) is 14.5. The SMILES string of the molecule is NC(=NO)c1ccc(OCc2cccc(Cl)c2)c(Cl)c1. The van der Waals surface area contributed by atoms with Crippen molar-refractivity contribution in [3.8, 4) is 5.75 Å². The third-order valence-electron chi connectivity index (χ3n) is 2.62. The Kier molecular flexibility index (Phi) is 4.71. The molecule has 104 valence electrons. The van der Waals surface area contributed by atoms with Gasteiger partial charge in [0.25, 0.3) is 0 Å². The molecule has 20 heavy (non-hydrogen) atoms. The van der Waals surface area contributed by atoms with E-state index < -0.39 is 0 Å². The molecule has 3 N–H and O–H groups in total. The van der Waals surface area contributed by atoms with Gasteiger partial charge in [0.2, 0.25) is 0 Å². The van der Waals surface area contributed by atoms with Crippen molar-refractivity contribution >= 4 is 29.0 Å². The van der Waals surface area contributed by atoms with E-state index in [1.165, 1.54) is 0 Å². The van der Waals surface area contributed by atoms with Crippen LogP contribution < -0.4 is 10.5 Å². The number of nitrogens with zero attached hydrogens (tertiary/aromatic N) is 1. The summed E-state index contributed by atoms with van der Waals surface area (Å²) in [6.45, 7) is 0.350. The Labute approximate surface area is 126 Å². The number of benzene rings is 2. The van der Waals surface area contributed by atoms with Gasteiger partial charge in [-0.05, 0) is 35.9 Å². The Hall–Kier alpha value is -1.91. The van der Waals surface area contributed by atoms with Gasteiger partial charge >= 0.3 is 0 Å². The highest BCUT2D eigenvalue weighted by Crippen LogP contribution is 2.26. The topological polar surface area (TPSA) is 67.8 Å². The van der Waals surface area contributed by atoms with Crippen LogP contribution in [0.3, 0.4) is 0 Å². The largest absolute Gasteiger partial charge is 0.487 e. The molecule has 0 bridgehead atoms. The Morgan fingerprint density at radius 1 is 1.20 bits per heavy atom. The van der Waals surface area contributed by atoms with Crippen LogP contribution in [-0.4, -0.2) is 11.0 Å². The van der Waals surface area contributed by atoms with Gasteiger partial charge in [0.1, 0.15) is 12.4 Å².